The highest BCUT2D eigenvalue weighted by atomic mass is 16.3. The number of rotatable bonds is 4. The third-order valence-electron chi connectivity index (χ3n) is 1.87. The van der Waals surface area contributed by atoms with Gasteiger partial charge in [-0.25, -0.2) is 4.99 Å². The van der Waals surface area contributed by atoms with E-state index >= 15 is 0 Å². The van der Waals surface area contributed by atoms with Crippen molar-refractivity contribution in [2.45, 2.75) is 26.2 Å². The van der Waals surface area contributed by atoms with Crippen molar-refractivity contribution in [3.63, 3.8) is 0 Å². The Labute approximate surface area is 83.8 Å². The summed E-state index contributed by atoms with van der Waals surface area (Å²) in [5.74, 6) is 0.387. The molecule has 0 bridgehead atoms. The maximum absolute atomic E-state index is 10.4. The first kappa shape index (κ1) is 10.6. The second-order valence-corrected chi connectivity index (χ2v) is 3.06. The van der Waals surface area contributed by atoms with Crippen molar-refractivity contribution in [3.8, 4) is 0 Å². The molecule has 74 valence electrons. The second-order valence-electron chi connectivity index (χ2n) is 3.06. The monoisotopic (exact) mass is 190 g/mol. The number of hydrogen-bond donors (Lipinski definition) is 0. The molecular formula is C11H14N2O. The summed E-state index contributed by atoms with van der Waals surface area (Å²) in [5.41, 5.74) is 0.790. The van der Waals surface area contributed by atoms with Crippen LogP contribution in [0.5, 0.6) is 0 Å². The third kappa shape index (κ3) is 3.47. The number of amidine groups is 1. The van der Waals surface area contributed by atoms with Crippen molar-refractivity contribution >= 4 is 11.5 Å². The molecule has 1 aromatic carbocycles. The van der Waals surface area contributed by atoms with Gasteiger partial charge >= 0.3 is 0 Å². The maximum atomic E-state index is 10.4. The Morgan fingerprint density at radius 2 is 2.00 bits per heavy atom. The number of nitrogens with zero attached hydrogens (tertiary/aromatic N) is 2. The number of aliphatic imine (C=N–C) groups is 1. The molecule has 1 aromatic rings. The Balaban J connectivity index is 2.68. The van der Waals surface area contributed by atoms with Gasteiger partial charge in [-0.05, 0) is 23.7 Å². The average molecular weight is 190 g/mol. The van der Waals surface area contributed by atoms with E-state index in [4.69, 9.17) is 0 Å². The van der Waals surface area contributed by atoms with E-state index in [0.717, 1.165) is 18.5 Å². The van der Waals surface area contributed by atoms with Crippen LogP contribution in [-0.2, 0) is 0 Å². The summed E-state index contributed by atoms with van der Waals surface area (Å²) in [4.78, 5) is 14.6. The quantitative estimate of drug-likeness (QED) is 0.405. The summed E-state index contributed by atoms with van der Waals surface area (Å²) in [5, 5.41) is 2.92. The minimum Gasteiger partial charge on any atom is -0.230 e. The first-order chi connectivity index (χ1) is 6.86. The van der Waals surface area contributed by atoms with Gasteiger partial charge in [0.25, 0.3) is 0 Å². The summed E-state index contributed by atoms with van der Waals surface area (Å²) < 4.78 is 0. The van der Waals surface area contributed by atoms with Crippen molar-refractivity contribution in [2.75, 3.05) is 0 Å². The van der Waals surface area contributed by atoms with E-state index < -0.39 is 0 Å². The molecule has 3 heteroatoms. The molecule has 0 aliphatic carbocycles. The molecule has 0 heterocycles. The maximum Gasteiger partial charge on any atom is 0.173 e. The van der Waals surface area contributed by atoms with Gasteiger partial charge in [0.1, 0.15) is 0 Å². The number of hydrogen-bond acceptors (Lipinski definition) is 2. The highest BCUT2D eigenvalue weighted by Crippen LogP contribution is 2.12. The predicted molar refractivity (Wildman–Crippen MR) is 58.9 cm³/mol. The standard InChI is InChI=1S/C11H14N2O/c1-2-3-9-11(13-14)12-10-7-5-4-6-8-10/h4-8H,2-3,9H2,1H3. The zero-order valence-electron chi connectivity index (χ0n) is 8.31. The third-order valence-corrected chi connectivity index (χ3v) is 1.87. The molecule has 0 fully saturated rings. The first-order valence-electron chi connectivity index (χ1n) is 4.82. The number of nitroso groups, excluding NO2 is 1. The van der Waals surface area contributed by atoms with E-state index in [1.807, 2.05) is 30.3 Å². The summed E-state index contributed by atoms with van der Waals surface area (Å²) >= 11 is 0. The fourth-order valence-electron chi connectivity index (χ4n) is 1.11. The molecule has 0 amide bonds. The molecule has 0 radical (unpaired) electrons. The lowest BCUT2D eigenvalue weighted by molar-refractivity contribution is 0.831. The van der Waals surface area contributed by atoms with E-state index in [0.29, 0.717) is 12.3 Å². The molecule has 0 aliphatic rings. The molecule has 0 aliphatic heterocycles. The SMILES string of the molecule is CCCCC(N=O)=Nc1ccccc1. The van der Waals surface area contributed by atoms with Crippen molar-refractivity contribution in [1.82, 2.24) is 0 Å². The van der Waals surface area contributed by atoms with Crippen LogP contribution < -0.4 is 0 Å². The summed E-state index contributed by atoms with van der Waals surface area (Å²) in [6, 6.07) is 9.41. The Kier molecular flexibility index (Phi) is 4.55. The smallest absolute Gasteiger partial charge is 0.173 e. The van der Waals surface area contributed by atoms with Crippen LogP contribution in [0.2, 0.25) is 0 Å². The van der Waals surface area contributed by atoms with Gasteiger partial charge in [-0.1, -0.05) is 31.5 Å². The summed E-state index contributed by atoms with van der Waals surface area (Å²) in [7, 11) is 0. The lowest BCUT2D eigenvalue weighted by atomic mass is 10.2. The topological polar surface area (TPSA) is 41.8 Å². The summed E-state index contributed by atoms with van der Waals surface area (Å²) in [6.07, 6.45) is 2.66. The number of para-hydroxylation sites is 1. The lowest BCUT2D eigenvalue weighted by Crippen LogP contribution is -1.91. The molecular weight excluding hydrogens is 176 g/mol. The average Bonchev–Trinajstić information content (AvgIpc) is 2.25. The normalized spacial score (nSPS) is 11.4. The van der Waals surface area contributed by atoms with Crippen molar-refractivity contribution in [1.29, 1.82) is 0 Å². The number of benzene rings is 1. The van der Waals surface area contributed by atoms with Crippen LogP contribution in [-0.4, -0.2) is 5.84 Å². The van der Waals surface area contributed by atoms with Crippen LogP contribution in [0.1, 0.15) is 26.2 Å². The van der Waals surface area contributed by atoms with E-state index in [1.54, 1.807) is 0 Å². The van der Waals surface area contributed by atoms with Crippen LogP contribution >= 0.6 is 0 Å². The van der Waals surface area contributed by atoms with E-state index in [-0.39, 0.29) is 0 Å². The molecule has 0 saturated carbocycles. The Bertz CT molecular complexity index is 306. The molecule has 3 nitrogen and oxygen atoms in total. The Hall–Kier alpha value is -1.51. The van der Waals surface area contributed by atoms with Gasteiger partial charge in [-0.3, -0.25) is 0 Å². The molecule has 14 heavy (non-hydrogen) atoms. The minimum absolute atomic E-state index is 0.387. The van der Waals surface area contributed by atoms with Crippen molar-refractivity contribution < 1.29 is 0 Å². The van der Waals surface area contributed by atoms with E-state index in [1.165, 1.54) is 0 Å². The largest absolute Gasteiger partial charge is 0.230 e. The van der Waals surface area contributed by atoms with E-state index in [2.05, 4.69) is 17.1 Å². The van der Waals surface area contributed by atoms with Crippen molar-refractivity contribution in [3.05, 3.63) is 35.2 Å². The summed E-state index contributed by atoms with van der Waals surface area (Å²) in [6.45, 7) is 2.07. The van der Waals surface area contributed by atoms with Gasteiger partial charge in [0.15, 0.2) is 5.84 Å². The molecule has 0 N–H and O–H groups in total. The highest BCUT2D eigenvalue weighted by molar-refractivity contribution is 5.85. The van der Waals surface area contributed by atoms with Gasteiger partial charge in [0, 0.05) is 6.42 Å². The molecule has 1 rings (SSSR count). The van der Waals surface area contributed by atoms with Crippen LogP contribution in [0.4, 0.5) is 5.69 Å². The minimum atomic E-state index is 0.387. The molecule has 0 atom stereocenters. The lowest BCUT2D eigenvalue weighted by Gasteiger charge is -1.96. The van der Waals surface area contributed by atoms with E-state index in [9.17, 15) is 4.91 Å². The number of unbranched alkanes of at least 4 members (excludes halogenated alkanes) is 1. The molecule has 0 unspecified atom stereocenters. The molecule has 0 saturated heterocycles. The van der Waals surface area contributed by atoms with Crippen LogP contribution in [0.15, 0.2) is 40.5 Å². The van der Waals surface area contributed by atoms with Gasteiger partial charge in [0.05, 0.1) is 5.69 Å². The van der Waals surface area contributed by atoms with Crippen LogP contribution in [0, 0.1) is 4.91 Å². The van der Waals surface area contributed by atoms with Gasteiger partial charge in [0.2, 0.25) is 0 Å². The fraction of sp³-hybridized carbons (Fsp3) is 0.364. The van der Waals surface area contributed by atoms with Crippen LogP contribution in [0.3, 0.4) is 0 Å². The predicted octanol–water partition coefficient (Wildman–Crippen LogP) is 3.67. The highest BCUT2D eigenvalue weighted by Gasteiger charge is 1.98. The zero-order valence-corrected chi connectivity index (χ0v) is 8.31. The second kappa shape index (κ2) is 6.02. The first-order valence-corrected chi connectivity index (χ1v) is 4.82. The van der Waals surface area contributed by atoms with Gasteiger partial charge in [-0.2, -0.15) is 0 Å². The van der Waals surface area contributed by atoms with Crippen LogP contribution in [0.25, 0.3) is 0 Å². The zero-order chi connectivity index (χ0) is 10.2. The Morgan fingerprint density at radius 3 is 2.57 bits per heavy atom. The van der Waals surface area contributed by atoms with Gasteiger partial charge < -0.3 is 0 Å². The molecule has 0 aromatic heterocycles. The Morgan fingerprint density at radius 1 is 1.29 bits per heavy atom. The van der Waals surface area contributed by atoms with Crippen molar-refractivity contribution in [2.24, 2.45) is 10.2 Å². The molecule has 0 spiro atoms. The fourth-order valence-corrected chi connectivity index (χ4v) is 1.11. The van der Waals surface area contributed by atoms with Gasteiger partial charge in [-0.15, -0.1) is 4.91 Å².